The van der Waals surface area contributed by atoms with Crippen LogP contribution >= 0.6 is 0 Å². The number of amidine groups is 1. The van der Waals surface area contributed by atoms with Gasteiger partial charge in [-0.15, -0.1) is 0 Å². The van der Waals surface area contributed by atoms with E-state index in [0.29, 0.717) is 4.58 Å². The predicted octanol–water partition coefficient (Wildman–Crippen LogP) is -1.79. The number of aliphatic hydroxyl groups is 2. The summed E-state index contributed by atoms with van der Waals surface area (Å²) in [7, 11) is 0. The Morgan fingerprint density at radius 2 is 2.18 bits per heavy atom. The molecule has 2 heterocycles. The first-order valence-electron chi connectivity index (χ1n) is 4.37. The van der Waals surface area contributed by atoms with E-state index in [0.717, 1.165) is 0 Å². The maximum atomic E-state index is 11.5. The number of Topliss-reactive ketones (excluding diaryl/α,β-unsaturated/α-hetero) is 1. The summed E-state index contributed by atoms with van der Waals surface area (Å²) in [6.07, 6.45) is 0. The number of carbonyl (C=O) groups excluding carboxylic acids is 2. The Labute approximate surface area is 94.3 Å². The number of nitrogens with zero attached hydrogens (tertiary/aromatic N) is 2. The van der Waals surface area contributed by atoms with E-state index in [1.165, 1.54) is 0 Å². The molecule has 8 heteroatoms. The van der Waals surface area contributed by atoms with Crippen LogP contribution in [0.25, 0.3) is 0 Å². The fourth-order valence-corrected chi connectivity index (χ4v) is 1.17. The lowest BCUT2D eigenvalue weighted by Crippen LogP contribution is -2.31. The van der Waals surface area contributed by atoms with Gasteiger partial charge in [0.2, 0.25) is 5.76 Å². The molecule has 17 heavy (non-hydrogen) atoms. The second kappa shape index (κ2) is 3.73. The highest BCUT2D eigenvalue weighted by Crippen LogP contribution is 2.15. The Kier molecular flexibility index (Phi) is 2.38. The highest BCUT2D eigenvalue weighted by Gasteiger charge is 2.40. The molecule has 0 unspecified atom stereocenters. The zero-order valence-electron chi connectivity index (χ0n) is 8.30. The van der Waals surface area contributed by atoms with Gasteiger partial charge in [0.05, 0.1) is 0 Å². The zero-order valence-corrected chi connectivity index (χ0v) is 8.30. The van der Waals surface area contributed by atoms with Gasteiger partial charge in [0, 0.05) is 10.9 Å². The Morgan fingerprint density at radius 3 is 2.71 bits per heavy atom. The number of ether oxygens (including phenoxy) is 1. The van der Waals surface area contributed by atoms with Crippen molar-refractivity contribution in [3.63, 3.8) is 0 Å². The largest absolute Gasteiger partial charge is 0.559 e. The molecule has 8 nitrogen and oxygen atoms in total. The van der Waals surface area contributed by atoms with Crippen LogP contribution in [-0.4, -0.2) is 44.9 Å². The molecular weight excluding hydrogens is 230 g/mol. The molecule has 0 saturated carbocycles. The number of aliphatic imine (C=N–C) groups is 1. The van der Waals surface area contributed by atoms with Gasteiger partial charge in [-0.3, -0.25) is 4.79 Å². The summed E-state index contributed by atoms with van der Waals surface area (Å²) in [5.74, 6) is -0.497. The number of hydrogen-bond acceptors (Lipinski definition) is 6. The van der Waals surface area contributed by atoms with Crippen molar-refractivity contribution < 1.29 is 29.1 Å². The third-order valence-corrected chi connectivity index (χ3v) is 1.94. The van der Waals surface area contributed by atoms with Crippen molar-refractivity contribution in [1.29, 1.82) is 0 Å². The normalized spacial score (nSPS) is 23.2. The van der Waals surface area contributed by atoms with Gasteiger partial charge in [-0.2, -0.15) is 4.79 Å². The molecule has 2 rings (SSSR count). The van der Waals surface area contributed by atoms with Gasteiger partial charge >= 0.3 is 17.7 Å². The van der Waals surface area contributed by atoms with Crippen LogP contribution in [0.4, 0.5) is 4.79 Å². The zero-order chi connectivity index (χ0) is 12.6. The molecule has 2 aliphatic rings. The number of amides is 2. The van der Waals surface area contributed by atoms with Crippen LogP contribution in [-0.2, 0) is 9.53 Å². The van der Waals surface area contributed by atoms with Crippen molar-refractivity contribution in [2.75, 3.05) is 6.61 Å². The highest BCUT2D eigenvalue weighted by molar-refractivity contribution is 6.43. The van der Waals surface area contributed by atoms with Crippen LogP contribution in [0.15, 0.2) is 16.5 Å². The van der Waals surface area contributed by atoms with Crippen LogP contribution < -0.4 is 5.73 Å². The minimum Gasteiger partial charge on any atom is -0.502 e. The smallest absolute Gasteiger partial charge is 0.502 e. The second-order valence-corrected chi connectivity index (χ2v) is 3.02. The predicted molar refractivity (Wildman–Crippen MR) is 52.9 cm³/mol. The molecule has 86 valence electrons. The summed E-state index contributed by atoms with van der Waals surface area (Å²) >= 11 is 0. The third-order valence-electron chi connectivity index (χ3n) is 1.94. The molecule has 2 aliphatic heterocycles. The van der Waals surface area contributed by atoms with Gasteiger partial charge < -0.3 is 20.7 Å². The number of rotatable bonds is 1. The molecule has 0 aliphatic carbocycles. The van der Waals surface area contributed by atoms with Gasteiger partial charge in [-0.1, -0.05) is 4.58 Å². The van der Waals surface area contributed by atoms with Crippen molar-refractivity contribution in [3.05, 3.63) is 11.5 Å². The van der Waals surface area contributed by atoms with Crippen molar-refractivity contribution >= 4 is 23.5 Å². The lowest BCUT2D eigenvalue weighted by atomic mass is 10.3. The van der Waals surface area contributed by atoms with Crippen LogP contribution in [0.1, 0.15) is 0 Å². The van der Waals surface area contributed by atoms with Gasteiger partial charge in [0.15, 0.2) is 5.76 Å². The maximum absolute atomic E-state index is 11.5. The summed E-state index contributed by atoms with van der Waals surface area (Å²) in [6.45, 7) is -0.679. The fraction of sp³-hybridized carbons (Fsp3) is 0.111. The molecule has 0 spiro atoms. The maximum Gasteiger partial charge on any atom is 0.559 e. The SMILES string of the molecule is NC1=NC(=O)[N+](=C2OC(CO)=C(O)C2=O)C#C1. The molecule has 0 radical (unpaired) electrons. The van der Waals surface area contributed by atoms with Crippen LogP contribution in [0.5, 0.6) is 0 Å². The summed E-state index contributed by atoms with van der Waals surface area (Å²) in [6, 6.07) is 1.33. The van der Waals surface area contributed by atoms with Crippen LogP contribution in [0.2, 0.25) is 0 Å². The van der Waals surface area contributed by atoms with Crippen molar-refractivity contribution in [3.8, 4) is 12.0 Å². The topological polar surface area (TPSA) is 125 Å². The van der Waals surface area contributed by atoms with Gasteiger partial charge in [-0.05, 0) is 0 Å². The van der Waals surface area contributed by atoms with Gasteiger partial charge in [0.1, 0.15) is 12.7 Å². The summed E-state index contributed by atoms with van der Waals surface area (Å²) in [4.78, 5) is 26.2. The van der Waals surface area contributed by atoms with Crippen molar-refractivity contribution in [2.24, 2.45) is 10.7 Å². The van der Waals surface area contributed by atoms with Crippen molar-refractivity contribution in [1.82, 2.24) is 0 Å². The molecule has 0 aromatic rings. The highest BCUT2D eigenvalue weighted by atomic mass is 16.5. The van der Waals surface area contributed by atoms with Crippen LogP contribution in [0, 0.1) is 12.0 Å². The number of aliphatic hydroxyl groups excluding tert-OH is 2. The Bertz CT molecular complexity index is 587. The summed E-state index contributed by atoms with van der Waals surface area (Å²) in [5.41, 5.74) is 5.20. The number of carbonyl (C=O) groups is 2. The lowest BCUT2D eigenvalue weighted by molar-refractivity contribution is -0.334. The average molecular weight is 236 g/mol. The van der Waals surface area contributed by atoms with Gasteiger partial charge in [-0.25, -0.2) is 0 Å². The first-order valence-corrected chi connectivity index (χ1v) is 4.37. The standard InChI is InChI=1S/C9H5N3O5/c10-5-1-2-12(9(16)11-5)8-7(15)6(14)4(3-13)17-8/h13H,3H2,(H2-,10,11,14,16)/p+1. The molecule has 0 bridgehead atoms. The number of urea groups is 1. The van der Waals surface area contributed by atoms with E-state index >= 15 is 0 Å². The van der Waals surface area contributed by atoms with E-state index in [9.17, 15) is 14.7 Å². The Morgan fingerprint density at radius 1 is 1.47 bits per heavy atom. The monoisotopic (exact) mass is 236 g/mol. The minimum atomic E-state index is -0.952. The first-order chi connectivity index (χ1) is 8.04. The molecule has 0 aromatic heterocycles. The lowest BCUT2D eigenvalue weighted by Gasteiger charge is -1.98. The van der Waals surface area contributed by atoms with E-state index in [4.69, 9.17) is 15.6 Å². The van der Waals surface area contributed by atoms with E-state index < -0.39 is 30.1 Å². The molecule has 0 fully saturated rings. The first kappa shape index (κ1) is 10.8. The number of nitrogens with two attached hydrogens (primary N) is 1. The number of hydrogen-bond donors (Lipinski definition) is 3. The van der Waals surface area contributed by atoms with E-state index in [1.807, 2.05) is 0 Å². The quantitative estimate of drug-likeness (QED) is 0.364. The van der Waals surface area contributed by atoms with Gasteiger partial charge in [0.25, 0.3) is 5.84 Å². The summed E-state index contributed by atoms with van der Waals surface area (Å²) < 4.78 is 5.43. The fourth-order valence-electron chi connectivity index (χ4n) is 1.17. The molecule has 0 aromatic carbocycles. The van der Waals surface area contributed by atoms with Crippen LogP contribution in [0.3, 0.4) is 0 Å². The molecule has 2 amide bonds. The second-order valence-electron chi connectivity index (χ2n) is 3.02. The minimum absolute atomic E-state index is 0.183. The Balaban J connectivity index is 2.46. The molecule has 4 N–H and O–H groups in total. The molecular formula is C9H6N3O5+. The number of ketones is 1. The summed E-state index contributed by atoms with van der Waals surface area (Å²) in [5, 5.41) is 18.1. The van der Waals surface area contributed by atoms with E-state index in [2.05, 4.69) is 17.0 Å². The van der Waals surface area contributed by atoms with Crippen molar-refractivity contribution in [2.45, 2.75) is 0 Å². The average Bonchev–Trinajstić information content (AvgIpc) is 2.57. The third kappa shape index (κ3) is 1.64. The van der Waals surface area contributed by atoms with E-state index in [1.54, 1.807) is 0 Å². The molecule has 0 atom stereocenters. The Hall–Kier alpha value is -2.66. The van der Waals surface area contributed by atoms with E-state index in [-0.39, 0.29) is 11.6 Å². The molecule has 0 saturated heterocycles.